The maximum atomic E-state index is 6.16. The molecule has 3 heteroatoms. The molecule has 0 saturated carbocycles. The minimum Gasteiger partial charge on any atom is -0.308 e. The van der Waals surface area contributed by atoms with Crippen LogP contribution in [0.2, 0.25) is 5.02 Å². The van der Waals surface area contributed by atoms with E-state index >= 15 is 0 Å². The highest BCUT2D eigenvalue weighted by Gasteiger charge is 2.10. The molecule has 2 nitrogen and oxygen atoms in total. The van der Waals surface area contributed by atoms with Crippen LogP contribution in [0.1, 0.15) is 26.3 Å². The van der Waals surface area contributed by atoms with E-state index in [1.165, 1.54) is 5.57 Å². The van der Waals surface area contributed by atoms with E-state index in [0.717, 1.165) is 30.2 Å². The lowest BCUT2D eigenvalue weighted by Gasteiger charge is -2.24. The molecule has 19 heavy (non-hydrogen) atoms. The first kappa shape index (κ1) is 16.2. The summed E-state index contributed by atoms with van der Waals surface area (Å²) in [6.07, 6.45) is 0. The largest absolute Gasteiger partial charge is 0.308 e. The highest BCUT2D eigenvalue weighted by Crippen LogP contribution is 2.16. The van der Waals surface area contributed by atoms with Crippen LogP contribution in [0, 0.1) is 0 Å². The molecule has 0 unspecified atom stereocenters. The Morgan fingerprint density at radius 3 is 2.53 bits per heavy atom. The highest BCUT2D eigenvalue weighted by atomic mass is 35.5. The first-order chi connectivity index (χ1) is 8.78. The third-order valence-corrected chi connectivity index (χ3v) is 3.13. The first-order valence-corrected chi connectivity index (χ1v) is 6.99. The van der Waals surface area contributed by atoms with Crippen molar-refractivity contribution >= 4 is 11.6 Å². The molecule has 106 valence electrons. The molecule has 1 N–H and O–H groups in total. The Morgan fingerprint density at radius 2 is 1.95 bits per heavy atom. The summed E-state index contributed by atoms with van der Waals surface area (Å²) in [4.78, 5) is 2.23. The van der Waals surface area contributed by atoms with E-state index < -0.39 is 0 Å². The van der Waals surface area contributed by atoms with E-state index in [9.17, 15) is 0 Å². The van der Waals surface area contributed by atoms with Crippen molar-refractivity contribution in [2.24, 2.45) is 0 Å². The molecule has 0 aliphatic heterocycles. The molecular weight excluding hydrogens is 256 g/mol. The van der Waals surface area contributed by atoms with E-state index in [1.807, 2.05) is 18.2 Å². The summed E-state index contributed by atoms with van der Waals surface area (Å²) in [6, 6.07) is 7.97. The van der Waals surface area contributed by atoms with Crippen molar-refractivity contribution in [1.29, 1.82) is 0 Å². The van der Waals surface area contributed by atoms with Crippen molar-refractivity contribution in [3.63, 3.8) is 0 Å². The van der Waals surface area contributed by atoms with Gasteiger partial charge < -0.3 is 5.32 Å². The van der Waals surface area contributed by atoms with Crippen LogP contribution < -0.4 is 5.32 Å². The molecule has 0 bridgehead atoms. The van der Waals surface area contributed by atoms with Crippen LogP contribution in [0.25, 0.3) is 0 Å². The van der Waals surface area contributed by atoms with Crippen LogP contribution >= 0.6 is 11.6 Å². The zero-order valence-corrected chi connectivity index (χ0v) is 13.2. The number of hydrogen-bond donors (Lipinski definition) is 1. The minimum absolute atomic E-state index is 0.129. The van der Waals surface area contributed by atoms with Crippen molar-refractivity contribution in [3.8, 4) is 0 Å². The molecule has 0 aliphatic rings. The van der Waals surface area contributed by atoms with Gasteiger partial charge in [0.15, 0.2) is 0 Å². The number of rotatable bonds is 6. The second-order valence-corrected chi connectivity index (χ2v) is 6.52. The molecule has 0 atom stereocenters. The molecule has 1 rings (SSSR count). The Labute approximate surface area is 122 Å². The average molecular weight is 281 g/mol. The zero-order valence-electron chi connectivity index (χ0n) is 12.5. The molecule has 0 aliphatic carbocycles. The molecular formula is C16H25ClN2. The molecule has 0 radical (unpaired) electrons. The zero-order chi connectivity index (χ0) is 14.5. The number of nitrogens with zero attached hydrogens (tertiary/aromatic N) is 1. The van der Waals surface area contributed by atoms with Crippen LogP contribution in [0.4, 0.5) is 0 Å². The average Bonchev–Trinajstić information content (AvgIpc) is 2.29. The second-order valence-electron chi connectivity index (χ2n) is 6.12. The van der Waals surface area contributed by atoms with Gasteiger partial charge in [0.25, 0.3) is 0 Å². The summed E-state index contributed by atoms with van der Waals surface area (Å²) in [6.45, 7) is 13.2. The quantitative estimate of drug-likeness (QED) is 0.799. The molecule has 0 fully saturated rings. The topological polar surface area (TPSA) is 15.3 Å². The molecule has 0 heterocycles. The summed E-state index contributed by atoms with van der Waals surface area (Å²) in [7, 11) is 2.09. The predicted octanol–water partition coefficient (Wildman–Crippen LogP) is 3.72. The molecule has 0 aromatic heterocycles. The van der Waals surface area contributed by atoms with Crippen molar-refractivity contribution in [3.05, 3.63) is 47.0 Å². The highest BCUT2D eigenvalue weighted by molar-refractivity contribution is 6.31. The fourth-order valence-electron chi connectivity index (χ4n) is 1.80. The lowest BCUT2D eigenvalue weighted by molar-refractivity contribution is 0.346. The van der Waals surface area contributed by atoms with Crippen molar-refractivity contribution in [2.45, 2.75) is 32.9 Å². The molecule has 0 amide bonds. The van der Waals surface area contributed by atoms with E-state index in [4.69, 9.17) is 11.6 Å². The van der Waals surface area contributed by atoms with Crippen molar-refractivity contribution in [2.75, 3.05) is 20.1 Å². The van der Waals surface area contributed by atoms with Gasteiger partial charge in [-0.25, -0.2) is 0 Å². The molecule has 0 saturated heterocycles. The van der Waals surface area contributed by atoms with E-state index in [2.05, 4.69) is 50.7 Å². The van der Waals surface area contributed by atoms with Gasteiger partial charge in [-0.15, -0.1) is 0 Å². The third kappa shape index (κ3) is 6.76. The Morgan fingerprint density at radius 1 is 1.32 bits per heavy atom. The summed E-state index contributed by atoms with van der Waals surface area (Å²) in [5, 5.41) is 4.28. The van der Waals surface area contributed by atoms with Gasteiger partial charge in [-0.3, -0.25) is 4.90 Å². The summed E-state index contributed by atoms with van der Waals surface area (Å²) in [5.41, 5.74) is 2.47. The molecule has 0 spiro atoms. The van der Waals surface area contributed by atoms with Crippen LogP contribution in [0.3, 0.4) is 0 Å². The predicted molar refractivity (Wildman–Crippen MR) is 84.7 cm³/mol. The number of nitrogens with one attached hydrogen (secondary N) is 1. The molecule has 1 aromatic rings. The number of benzene rings is 1. The number of hydrogen-bond acceptors (Lipinski definition) is 2. The number of halogens is 1. The number of likely N-dealkylation sites (N-methyl/N-ethyl adjacent to an activating group) is 1. The van der Waals surface area contributed by atoms with Gasteiger partial charge in [-0.05, 0) is 45.0 Å². The monoisotopic (exact) mass is 280 g/mol. The van der Waals surface area contributed by atoms with Crippen LogP contribution in [0.5, 0.6) is 0 Å². The van der Waals surface area contributed by atoms with Gasteiger partial charge >= 0.3 is 0 Å². The second kappa shape index (κ2) is 7.09. The summed E-state index contributed by atoms with van der Waals surface area (Å²) in [5.74, 6) is 0. The van der Waals surface area contributed by atoms with Crippen molar-refractivity contribution in [1.82, 2.24) is 10.2 Å². The van der Waals surface area contributed by atoms with Gasteiger partial charge in [0.05, 0.1) is 0 Å². The Kier molecular flexibility index (Phi) is 6.05. The van der Waals surface area contributed by atoms with Gasteiger partial charge in [-0.2, -0.15) is 0 Å². The maximum absolute atomic E-state index is 6.16. The summed E-state index contributed by atoms with van der Waals surface area (Å²) >= 11 is 6.16. The van der Waals surface area contributed by atoms with Crippen molar-refractivity contribution < 1.29 is 0 Å². The lowest BCUT2D eigenvalue weighted by atomic mass is 10.1. The fourth-order valence-corrected chi connectivity index (χ4v) is 2.00. The smallest absolute Gasteiger partial charge is 0.0451 e. The van der Waals surface area contributed by atoms with Crippen LogP contribution in [0.15, 0.2) is 36.4 Å². The fraction of sp³-hybridized carbons (Fsp3) is 0.500. The Balaban J connectivity index is 2.41. The maximum Gasteiger partial charge on any atom is 0.0451 e. The van der Waals surface area contributed by atoms with Gasteiger partial charge in [-0.1, -0.05) is 36.4 Å². The van der Waals surface area contributed by atoms with E-state index in [1.54, 1.807) is 0 Å². The van der Waals surface area contributed by atoms with E-state index in [-0.39, 0.29) is 5.54 Å². The summed E-state index contributed by atoms with van der Waals surface area (Å²) < 4.78 is 0. The van der Waals surface area contributed by atoms with E-state index in [0.29, 0.717) is 0 Å². The molecule has 1 aromatic carbocycles. The Bertz CT molecular complexity index is 421. The SMILES string of the molecule is C=C(CNC(C)(C)C)CN(C)Cc1ccccc1Cl. The Hall–Kier alpha value is -0.830. The van der Waals surface area contributed by atoms with Gasteiger partial charge in [0.2, 0.25) is 0 Å². The normalized spacial score (nSPS) is 11.9. The van der Waals surface area contributed by atoms with Crippen LogP contribution in [-0.4, -0.2) is 30.6 Å². The van der Waals surface area contributed by atoms with Crippen LogP contribution in [-0.2, 0) is 6.54 Å². The minimum atomic E-state index is 0.129. The van der Waals surface area contributed by atoms with Gasteiger partial charge in [0, 0.05) is 30.2 Å². The first-order valence-electron chi connectivity index (χ1n) is 6.61. The lowest BCUT2D eigenvalue weighted by Crippen LogP contribution is -2.38. The third-order valence-electron chi connectivity index (χ3n) is 2.76. The van der Waals surface area contributed by atoms with Gasteiger partial charge in [0.1, 0.15) is 0 Å². The standard InChI is InChI=1S/C16H25ClN2/c1-13(10-18-16(2,3)4)11-19(5)12-14-8-6-7-9-15(14)17/h6-9,18H,1,10-12H2,2-5H3.